The fourth-order valence-electron chi connectivity index (χ4n) is 4.68. The van der Waals surface area contributed by atoms with Crippen molar-refractivity contribution in [1.82, 2.24) is 24.7 Å². The van der Waals surface area contributed by atoms with Gasteiger partial charge in [-0.3, -0.25) is 4.79 Å². The number of carbonyl (C=O) groups is 1. The number of oxazole rings is 1. The average molecular weight is 512 g/mol. The molecule has 8 nitrogen and oxygen atoms in total. The highest BCUT2D eigenvalue weighted by Crippen LogP contribution is 2.43. The van der Waals surface area contributed by atoms with Crippen molar-refractivity contribution < 1.29 is 18.7 Å². The number of carboxylic acids is 1. The Morgan fingerprint density at radius 1 is 1.11 bits per heavy atom. The molecule has 3 aromatic heterocycles. The summed E-state index contributed by atoms with van der Waals surface area (Å²) < 4.78 is 22.3. The lowest BCUT2D eigenvalue weighted by Crippen LogP contribution is -2.28. The van der Waals surface area contributed by atoms with E-state index in [2.05, 4.69) is 10.2 Å². The molecule has 6 rings (SSSR count). The molecule has 0 radical (unpaired) electrons. The van der Waals surface area contributed by atoms with Gasteiger partial charge in [-0.05, 0) is 86.2 Å². The van der Waals surface area contributed by atoms with Gasteiger partial charge in [0.1, 0.15) is 23.4 Å². The summed E-state index contributed by atoms with van der Waals surface area (Å²) in [7, 11) is 1.82. The van der Waals surface area contributed by atoms with E-state index >= 15 is 0 Å². The van der Waals surface area contributed by atoms with Crippen LogP contribution in [0.4, 0.5) is 4.39 Å². The highest BCUT2D eigenvalue weighted by molar-refractivity contribution is 5.86. The summed E-state index contributed by atoms with van der Waals surface area (Å²) in [6, 6.07) is 12.2. The molecule has 1 aliphatic carbocycles. The number of halogens is 1. The van der Waals surface area contributed by atoms with Crippen molar-refractivity contribution in [2.45, 2.75) is 44.9 Å². The third-order valence-electron chi connectivity index (χ3n) is 7.24. The van der Waals surface area contributed by atoms with E-state index in [0.717, 1.165) is 35.2 Å². The van der Waals surface area contributed by atoms with E-state index in [1.54, 1.807) is 36.9 Å². The number of aromatic nitrogens is 5. The molecule has 0 unspecified atom stereocenters. The topological polar surface area (TPSA) is 107 Å². The van der Waals surface area contributed by atoms with E-state index in [9.17, 15) is 14.3 Å². The third-order valence-corrected chi connectivity index (χ3v) is 7.24. The van der Waals surface area contributed by atoms with Gasteiger partial charge in [0, 0.05) is 24.2 Å². The zero-order chi connectivity index (χ0) is 26.8. The fraction of sp³-hybridized carbons (Fsp3) is 0.276. The number of nitrogens with zero attached hydrogens (tertiary/aromatic N) is 5. The van der Waals surface area contributed by atoms with E-state index < -0.39 is 11.4 Å². The molecule has 0 atom stereocenters. The molecule has 0 saturated heterocycles. The quantitative estimate of drug-likeness (QED) is 0.296. The van der Waals surface area contributed by atoms with Gasteiger partial charge < -0.3 is 14.1 Å². The fourth-order valence-corrected chi connectivity index (χ4v) is 4.68. The number of fused-ring (bicyclic) bond motifs is 1. The summed E-state index contributed by atoms with van der Waals surface area (Å²) >= 11 is 0. The lowest BCUT2D eigenvalue weighted by Gasteiger charge is -2.19. The zero-order valence-electron chi connectivity index (χ0n) is 21.5. The largest absolute Gasteiger partial charge is 0.481 e. The first kappa shape index (κ1) is 24.0. The van der Waals surface area contributed by atoms with Crippen molar-refractivity contribution >= 4 is 17.1 Å². The maximum atomic E-state index is 14.3. The number of aliphatic carboxylic acids is 1. The van der Waals surface area contributed by atoms with E-state index in [4.69, 9.17) is 14.4 Å². The van der Waals surface area contributed by atoms with E-state index in [1.165, 1.54) is 12.1 Å². The number of carboxylic acid groups (broad SMARTS) is 1. The van der Waals surface area contributed by atoms with Crippen molar-refractivity contribution in [2.75, 3.05) is 0 Å². The summed E-state index contributed by atoms with van der Waals surface area (Å²) in [4.78, 5) is 21.5. The van der Waals surface area contributed by atoms with Gasteiger partial charge in [0.15, 0.2) is 11.4 Å². The molecule has 0 spiro atoms. The van der Waals surface area contributed by atoms with Crippen molar-refractivity contribution in [1.29, 1.82) is 0 Å². The number of pyridine rings is 1. The van der Waals surface area contributed by atoms with Gasteiger partial charge in [-0.15, -0.1) is 10.2 Å². The van der Waals surface area contributed by atoms with Gasteiger partial charge in [0.2, 0.25) is 5.89 Å². The van der Waals surface area contributed by atoms with Crippen LogP contribution in [0.25, 0.3) is 45.2 Å². The van der Waals surface area contributed by atoms with E-state index in [-0.39, 0.29) is 5.82 Å². The van der Waals surface area contributed by atoms with Crippen LogP contribution in [0.15, 0.2) is 53.2 Å². The third kappa shape index (κ3) is 4.04. The van der Waals surface area contributed by atoms with E-state index in [1.807, 2.05) is 32.2 Å². The molecule has 0 bridgehead atoms. The summed E-state index contributed by atoms with van der Waals surface area (Å²) in [6.45, 7) is 5.21. The normalized spacial score (nSPS) is 13.8. The molecule has 1 saturated carbocycles. The second-order valence-corrected chi connectivity index (χ2v) is 10.5. The Balaban J connectivity index is 1.52. The number of rotatable bonds is 6. The van der Waals surface area contributed by atoms with Gasteiger partial charge in [-0.25, -0.2) is 14.4 Å². The van der Waals surface area contributed by atoms with Crippen LogP contribution in [-0.4, -0.2) is 35.8 Å². The van der Waals surface area contributed by atoms with Gasteiger partial charge in [-0.2, -0.15) is 0 Å². The molecule has 9 heteroatoms. The molecular weight excluding hydrogens is 485 g/mol. The summed E-state index contributed by atoms with van der Waals surface area (Å²) in [5, 5.41) is 17.9. The molecule has 3 heterocycles. The molecule has 192 valence electrons. The monoisotopic (exact) mass is 511 g/mol. The summed E-state index contributed by atoms with van der Waals surface area (Å²) in [6.07, 6.45) is 3.68. The molecule has 1 aliphatic rings. The number of benzene rings is 2. The highest BCUT2D eigenvalue weighted by atomic mass is 19.1. The first-order chi connectivity index (χ1) is 18.1. The minimum absolute atomic E-state index is 0.347. The first-order valence-corrected chi connectivity index (χ1v) is 12.4. The zero-order valence-corrected chi connectivity index (χ0v) is 21.5. The molecule has 1 fully saturated rings. The van der Waals surface area contributed by atoms with Crippen LogP contribution in [0.1, 0.15) is 49.4 Å². The molecule has 0 amide bonds. The molecule has 1 N–H and O–H groups in total. The van der Waals surface area contributed by atoms with Crippen molar-refractivity contribution in [3.05, 3.63) is 71.4 Å². The van der Waals surface area contributed by atoms with Crippen LogP contribution in [0.5, 0.6) is 0 Å². The predicted octanol–water partition coefficient (Wildman–Crippen LogP) is 6.04. The predicted molar refractivity (Wildman–Crippen MR) is 140 cm³/mol. The number of hydrogen-bond donors (Lipinski definition) is 1. The van der Waals surface area contributed by atoms with Gasteiger partial charge >= 0.3 is 5.97 Å². The number of hydrogen-bond acceptors (Lipinski definition) is 6. The molecule has 38 heavy (non-hydrogen) atoms. The van der Waals surface area contributed by atoms with Gasteiger partial charge in [0.05, 0.1) is 5.41 Å². The van der Waals surface area contributed by atoms with Crippen LogP contribution in [-0.2, 0) is 17.3 Å². The lowest BCUT2D eigenvalue weighted by molar-refractivity contribution is -0.142. The Morgan fingerprint density at radius 3 is 2.58 bits per heavy atom. The molecule has 2 aromatic carbocycles. The van der Waals surface area contributed by atoms with Gasteiger partial charge in [0.25, 0.3) is 0 Å². The minimum Gasteiger partial charge on any atom is -0.481 e. The van der Waals surface area contributed by atoms with Crippen molar-refractivity contribution in [3.8, 4) is 34.1 Å². The molecular formula is C29H26FN5O3. The number of aryl methyl sites for hydroxylation is 2. The molecule has 5 aromatic rings. The van der Waals surface area contributed by atoms with E-state index in [0.29, 0.717) is 45.6 Å². The molecule has 0 aliphatic heterocycles. The van der Waals surface area contributed by atoms with Crippen molar-refractivity contribution in [3.63, 3.8) is 0 Å². The smallest absolute Gasteiger partial charge is 0.313 e. The second-order valence-electron chi connectivity index (χ2n) is 10.5. The van der Waals surface area contributed by atoms with Crippen LogP contribution in [0.2, 0.25) is 0 Å². The Kier molecular flexibility index (Phi) is 5.41. The standard InChI is InChI=1S/C29H26FN5O3/c1-15-9-18(29(2,3)28(36)37)12-23-25(15)38-27(33-23)24-11-17(10-22(32-24)16-5-6-16)20-8-7-19(30)13-21(20)26-34-31-14-35(26)4/h7-14,16H,5-6H2,1-4H3,(H,36,37). The Hall–Kier alpha value is -4.40. The maximum Gasteiger partial charge on any atom is 0.313 e. The first-order valence-electron chi connectivity index (χ1n) is 12.4. The van der Waals surface area contributed by atoms with Crippen LogP contribution >= 0.6 is 0 Å². The Bertz CT molecular complexity index is 1730. The maximum absolute atomic E-state index is 14.3. The SMILES string of the molecule is Cc1cc(C(C)(C)C(=O)O)cc2nc(-c3cc(-c4ccc(F)cc4-c4nncn4C)cc(C4CC4)n3)oc12. The van der Waals surface area contributed by atoms with Crippen LogP contribution in [0.3, 0.4) is 0 Å². The lowest BCUT2D eigenvalue weighted by atomic mass is 9.84. The Morgan fingerprint density at radius 2 is 1.89 bits per heavy atom. The van der Waals surface area contributed by atoms with Crippen LogP contribution < -0.4 is 0 Å². The Labute approximate surface area is 218 Å². The average Bonchev–Trinajstić information content (AvgIpc) is 3.50. The summed E-state index contributed by atoms with van der Waals surface area (Å²) in [5.41, 5.74) is 5.29. The summed E-state index contributed by atoms with van der Waals surface area (Å²) in [5.74, 6) is -0.0303. The second kappa shape index (κ2) is 8.58. The minimum atomic E-state index is -1.08. The van der Waals surface area contributed by atoms with Crippen molar-refractivity contribution in [2.24, 2.45) is 7.05 Å². The highest BCUT2D eigenvalue weighted by Gasteiger charge is 2.31. The van der Waals surface area contributed by atoms with Crippen LogP contribution in [0, 0.1) is 12.7 Å². The van der Waals surface area contributed by atoms with Gasteiger partial charge in [-0.1, -0.05) is 12.1 Å².